The van der Waals surface area contributed by atoms with Gasteiger partial charge >= 0.3 is 0 Å². The molecule has 3 nitrogen and oxygen atoms in total. The molecule has 16 heavy (non-hydrogen) atoms. The minimum atomic E-state index is -0.484. The van der Waals surface area contributed by atoms with Crippen LogP contribution < -0.4 is 5.32 Å². The van der Waals surface area contributed by atoms with Crippen molar-refractivity contribution >= 4 is 23.3 Å². The summed E-state index contributed by atoms with van der Waals surface area (Å²) in [6.07, 6.45) is 0.643. The van der Waals surface area contributed by atoms with Crippen LogP contribution in [0, 0.1) is 5.82 Å². The molecular formula is C11H10ClFN2O. The first-order valence-electron chi connectivity index (χ1n) is 4.96. The molecule has 0 aliphatic carbocycles. The van der Waals surface area contributed by atoms with E-state index >= 15 is 0 Å². The number of nitrogens with zero attached hydrogens (tertiary/aromatic N) is 1. The standard InChI is InChI=1S/C11H10ClFN2O/c1-2-9-11(16)15-10(14-9)6-3-4-8(13)7(12)5-6/h3-5,9H,2H2,1H3,(H,14,15,16). The van der Waals surface area contributed by atoms with E-state index in [1.165, 1.54) is 12.1 Å². The van der Waals surface area contributed by atoms with Gasteiger partial charge in [-0.25, -0.2) is 4.39 Å². The zero-order valence-corrected chi connectivity index (χ0v) is 9.38. The molecule has 84 valence electrons. The molecule has 0 saturated carbocycles. The number of amidine groups is 1. The van der Waals surface area contributed by atoms with E-state index in [1.54, 1.807) is 6.07 Å². The van der Waals surface area contributed by atoms with Crippen LogP contribution in [0.3, 0.4) is 0 Å². The molecule has 0 saturated heterocycles. The van der Waals surface area contributed by atoms with E-state index in [1.807, 2.05) is 6.92 Å². The summed E-state index contributed by atoms with van der Waals surface area (Å²) >= 11 is 5.66. The van der Waals surface area contributed by atoms with Gasteiger partial charge in [0.1, 0.15) is 17.7 Å². The van der Waals surface area contributed by atoms with Gasteiger partial charge in [0, 0.05) is 5.56 Å². The molecule has 1 heterocycles. The molecule has 2 rings (SSSR count). The first-order valence-corrected chi connectivity index (χ1v) is 5.33. The van der Waals surface area contributed by atoms with Crippen LogP contribution in [0.2, 0.25) is 5.02 Å². The lowest BCUT2D eigenvalue weighted by Crippen LogP contribution is -2.28. The lowest BCUT2D eigenvalue weighted by atomic mass is 10.2. The second-order valence-electron chi connectivity index (χ2n) is 3.52. The summed E-state index contributed by atoms with van der Waals surface area (Å²) in [6.45, 7) is 1.88. The van der Waals surface area contributed by atoms with Crippen LogP contribution in [0.1, 0.15) is 18.9 Å². The van der Waals surface area contributed by atoms with Gasteiger partial charge < -0.3 is 5.32 Å². The fraction of sp³-hybridized carbons (Fsp3) is 0.273. The SMILES string of the molecule is CCC1N=C(c2ccc(F)c(Cl)c2)NC1=O. The molecule has 1 amide bonds. The summed E-state index contributed by atoms with van der Waals surface area (Å²) in [5, 5.41) is 2.67. The molecular weight excluding hydrogens is 231 g/mol. The fourth-order valence-electron chi connectivity index (χ4n) is 1.51. The molecule has 1 atom stereocenters. The van der Waals surface area contributed by atoms with Gasteiger partial charge in [-0.3, -0.25) is 9.79 Å². The van der Waals surface area contributed by atoms with Crippen molar-refractivity contribution in [1.29, 1.82) is 0 Å². The molecule has 0 bridgehead atoms. The van der Waals surface area contributed by atoms with Gasteiger partial charge in [-0.15, -0.1) is 0 Å². The summed E-state index contributed by atoms with van der Waals surface area (Å²) < 4.78 is 12.9. The molecule has 0 spiro atoms. The van der Waals surface area contributed by atoms with Gasteiger partial charge in [0.15, 0.2) is 0 Å². The Balaban J connectivity index is 2.32. The maximum absolute atomic E-state index is 12.9. The van der Waals surface area contributed by atoms with Crippen LogP contribution in [-0.2, 0) is 4.79 Å². The molecule has 1 aromatic rings. The number of carbonyl (C=O) groups excluding carboxylic acids is 1. The Hall–Kier alpha value is -1.42. The normalized spacial score (nSPS) is 19.6. The lowest BCUT2D eigenvalue weighted by molar-refractivity contribution is -0.120. The first kappa shape index (κ1) is 11.1. The van der Waals surface area contributed by atoms with Crippen molar-refractivity contribution in [3.05, 3.63) is 34.6 Å². The van der Waals surface area contributed by atoms with Crippen molar-refractivity contribution in [2.45, 2.75) is 19.4 Å². The highest BCUT2D eigenvalue weighted by atomic mass is 35.5. The van der Waals surface area contributed by atoms with Gasteiger partial charge in [-0.1, -0.05) is 18.5 Å². The van der Waals surface area contributed by atoms with Crippen LogP contribution >= 0.6 is 11.6 Å². The monoisotopic (exact) mass is 240 g/mol. The van der Waals surface area contributed by atoms with Crippen molar-refractivity contribution in [3.63, 3.8) is 0 Å². The second-order valence-corrected chi connectivity index (χ2v) is 3.93. The van der Waals surface area contributed by atoms with E-state index in [4.69, 9.17) is 11.6 Å². The topological polar surface area (TPSA) is 41.5 Å². The minimum absolute atomic E-state index is 0.0226. The van der Waals surface area contributed by atoms with Crippen LogP contribution in [-0.4, -0.2) is 17.8 Å². The minimum Gasteiger partial charge on any atom is -0.309 e. The number of hydrogen-bond acceptors (Lipinski definition) is 2. The van der Waals surface area contributed by atoms with Crippen molar-refractivity contribution in [2.24, 2.45) is 4.99 Å². The average Bonchev–Trinajstić information content (AvgIpc) is 2.64. The van der Waals surface area contributed by atoms with Crippen molar-refractivity contribution in [1.82, 2.24) is 5.32 Å². The Bertz CT molecular complexity index is 473. The summed E-state index contributed by atoms with van der Waals surface area (Å²) in [6, 6.07) is 3.90. The van der Waals surface area contributed by atoms with Crippen LogP contribution in [0.4, 0.5) is 4.39 Å². The fourth-order valence-corrected chi connectivity index (χ4v) is 1.69. The van der Waals surface area contributed by atoms with E-state index in [0.29, 0.717) is 17.8 Å². The smallest absolute Gasteiger partial charge is 0.250 e. The Labute approximate surface area is 97.3 Å². The first-order chi connectivity index (χ1) is 7.61. The summed E-state index contributed by atoms with van der Waals surface area (Å²) in [7, 11) is 0. The zero-order valence-electron chi connectivity index (χ0n) is 8.63. The van der Waals surface area contributed by atoms with Crippen LogP contribution in [0.25, 0.3) is 0 Å². The third-order valence-corrected chi connectivity index (χ3v) is 2.70. The summed E-state index contributed by atoms with van der Waals surface area (Å²) in [5.41, 5.74) is 0.621. The van der Waals surface area contributed by atoms with E-state index in [9.17, 15) is 9.18 Å². The van der Waals surface area contributed by atoms with Gasteiger partial charge in [0.25, 0.3) is 0 Å². The number of halogens is 2. The van der Waals surface area contributed by atoms with Gasteiger partial charge in [-0.2, -0.15) is 0 Å². The van der Waals surface area contributed by atoms with E-state index < -0.39 is 5.82 Å². The maximum atomic E-state index is 12.9. The number of benzene rings is 1. The van der Waals surface area contributed by atoms with Crippen molar-refractivity contribution < 1.29 is 9.18 Å². The van der Waals surface area contributed by atoms with E-state index in [0.717, 1.165) is 0 Å². The number of aliphatic imine (C=N–C) groups is 1. The molecule has 5 heteroatoms. The van der Waals surface area contributed by atoms with E-state index in [-0.39, 0.29) is 17.0 Å². The van der Waals surface area contributed by atoms with E-state index in [2.05, 4.69) is 10.3 Å². The number of rotatable bonds is 2. The summed E-state index contributed by atoms with van der Waals surface area (Å²) in [5.74, 6) is -0.154. The molecule has 1 N–H and O–H groups in total. The highest BCUT2D eigenvalue weighted by Crippen LogP contribution is 2.18. The third kappa shape index (κ3) is 1.93. The number of nitrogens with one attached hydrogen (secondary N) is 1. The molecule has 0 aromatic heterocycles. The Kier molecular flexibility index (Phi) is 2.92. The molecule has 1 aliphatic heterocycles. The molecule has 1 aromatic carbocycles. The highest BCUT2D eigenvalue weighted by Gasteiger charge is 2.25. The molecule has 0 fully saturated rings. The Morgan fingerprint density at radius 2 is 2.31 bits per heavy atom. The Morgan fingerprint density at radius 3 is 2.88 bits per heavy atom. The quantitative estimate of drug-likeness (QED) is 0.846. The highest BCUT2D eigenvalue weighted by molar-refractivity contribution is 6.31. The molecule has 1 unspecified atom stereocenters. The van der Waals surface area contributed by atoms with Crippen LogP contribution in [0.5, 0.6) is 0 Å². The predicted molar refractivity (Wildman–Crippen MR) is 60.2 cm³/mol. The number of carbonyl (C=O) groups is 1. The van der Waals surface area contributed by atoms with Crippen LogP contribution in [0.15, 0.2) is 23.2 Å². The molecule has 0 radical (unpaired) electrons. The van der Waals surface area contributed by atoms with Gasteiger partial charge in [0.05, 0.1) is 5.02 Å². The largest absolute Gasteiger partial charge is 0.309 e. The number of hydrogen-bond donors (Lipinski definition) is 1. The van der Waals surface area contributed by atoms with Crippen molar-refractivity contribution in [2.75, 3.05) is 0 Å². The Morgan fingerprint density at radius 1 is 1.56 bits per heavy atom. The zero-order chi connectivity index (χ0) is 11.7. The average molecular weight is 241 g/mol. The lowest BCUT2D eigenvalue weighted by Gasteiger charge is -2.01. The third-order valence-electron chi connectivity index (χ3n) is 2.41. The van der Waals surface area contributed by atoms with Gasteiger partial charge in [0.2, 0.25) is 5.91 Å². The van der Waals surface area contributed by atoms with Gasteiger partial charge in [-0.05, 0) is 24.6 Å². The number of amides is 1. The predicted octanol–water partition coefficient (Wildman–Crippen LogP) is 2.13. The summed E-state index contributed by atoms with van der Waals surface area (Å²) in [4.78, 5) is 15.6. The molecule has 1 aliphatic rings. The van der Waals surface area contributed by atoms with Crippen molar-refractivity contribution in [3.8, 4) is 0 Å². The maximum Gasteiger partial charge on any atom is 0.250 e. The second kappa shape index (κ2) is 4.22.